The molecule has 2 heteroatoms. The van der Waals surface area contributed by atoms with Gasteiger partial charge in [0.25, 0.3) is 0 Å². The van der Waals surface area contributed by atoms with Crippen LogP contribution in [0.15, 0.2) is 28.3 Å². The highest BCUT2D eigenvalue weighted by Gasteiger charge is 2.22. The van der Waals surface area contributed by atoms with Gasteiger partial charge >= 0.3 is 0 Å². The monoisotopic (exact) mass is 257 g/mol. The summed E-state index contributed by atoms with van der Waals surface area (Å²) in [5.41, 5.74) is 7.65. The third kappa shape index (κ3) is 2.58. The largest absolute Gasteiger partial charge is 0.508 e. The first-order valence-corrected chi connectivity index (χ1v) is 6.97. The van der Waals surface area contributed by atoms with Crippen LogP contribution >= 0.6 is 0 Å². The van der Waals surface area contributed by atoms with Crippen LogP contribution in [0.4, 0.5) is 0 Å². The lowest BCUT2D eigenvalue weighted by atomic mass is 9.92. The first-order chi connectivity index (χ1) is 8.93. The summed E-state index contributed by atoms with van der Waals surface area (Å²) in [6.45, 7) is 10.6. The van der Waals surface area contributed by atoms with Crippen molar-refractivity contribution in [3.63, 3.8) is 0 Å². The number of hydrogen-bond acceptors (Lipinski definition) is 2. The van der Waals surface area contributed by atoms with E-state index in [1.165, 1.54) is 22.4 Å². The van der Waals surface area contributed by atoms with Gasteiger partial charge < -0.3 is 5.11 Å². The van der Waals surface area contributed by atoms with Crippen molar-refractivity contribution in [2.24, 2.45) is 4.99 Å². The highest BCUT2D eigenvalue weighted by Crippen LogP contribution is 2.29. The van der Waals surface area contributed by atoms with Crippen molar-refractivity contribution in [1.29, 1.82) is 0 Å². The molecule has 19 heavy (non-hydrogen) atoms. The fourth-order valence-electron chi connectivity index (χ4n) is 3.11. The molecule has 1 N–H and O–H groups in total. The number of allylic oxidation sites excluding steroid dienone is 1. The molecule has 1 aromatic carbocycles. The minimum absolute atomic E-state index is 0.275. The van der Waals surface area contributed by atoms with Gasteiger partial charge in [0.15, 0.2) is 0 Å². The van der Waals surface area contributed by atoms with Crippen LogP contribution < -0.4 is 0 Å². The molecule has 0 amide bonds. The van der Waals surface area contributed by atoms with E-state index in [4.69, 9.17) is 4.99 Å². The molecule has 1 unspecified atom stereocenters. The first kappa shape index (κ1) is 13.9. The summed E-state index contributed by atoms with van der Waals surface area (Å²) >= 11 is 0. The van der Waals surface area contributed by atoms with Crippen molar-refractivity contribution in [1.82, 2.24) is 0 Å². The Morgan fingerprint density at radius 1 is 1.11 bits per heavy atom. The lowest BCUT2D eigenvalue weighted by Crippen LogP contribution is -2.10. The van der Waals surface area contributed by atoms with Gasteiger partial charge in [0.1, 0.15) is 5.75 Å². The lowest BCUT2D eigenvalue weighted by Gasteiger charge is -2.15. The molecule has 0 aromatic heterocycles. The first-order valence-electron chi connectivity index (χ1n) is 6.97. The van der Waals surface area contributed by atoms with Gasteiger partial charge in [-0.15, -0.1) is 0 Å². The molecule has 0 bridgehead atoms. The standard InChI is InChI=1S/C17H23NO/c1-6-15-12(4)17(18-13(15)5)9-16-10(2)7-14(19)8-11(16)3/h7-8,17,19H,6,9H2,1-5H3. The topological polar surface area (TPSA) is 32.6 Å². The van der Waals surface area contributed by atoms with E-state index in [0.29, 0.717) is 5.75 Å². The minimum atomic E-state index is 0.275. The average Bonchev–Trinajstić information content (AvgIpc) is 2.58. The van der Waals surface area contributed by atoms with Crippen LogP contribution in [0.25, 0.3) is 0 Å². The van der Waals surface area contributed by atoms with Crippen LogP contribution in [0.5, 0.6) is 5.75 Å². The highest BCUT2D eigenvalue weighted by molar-refractivity contribution is 6.01. The molecular formula is C17H23NO. The summed E-state index contributed by atoms with van der Waals surface area (Å²) in [6.07, 6.45) is 2.00. The Labute approximate surface area is 115 Å². The predicted molar refractivity (Wildman–Crippen MR) is 81.2 cm³/mol. The molecule has 0 saturated heterocycles. The normalized spacial score (nSPS) is 19.0. The van der Waals surface area contributed by atoms with Crippen LogP contribution in [-0.4, -0.2) is 16.9 Å². The molecule has 2 nitrogen and oxygen atoms in total. The second-order valence-electron chi connectivity index (χ2n) is 5.51. The van der Waals surface area contributed by atoms with Crippen molar-refractivity contribution < 1.29 is 5.11 Å². The van der Waals surface area contributed by atoms with E-state index >= 15 is 0 Å². The van der Waals surface area contributed by atoms with Crippen molar-refractivity contribution in [2.45, 2.75) is 53.5 Å². The van der Waals surface area contributed by atoms with Gasteiger partial charge in [-0.25, -0.2) is 0 Å². The molecular weight excluding hydrogens is 234 g/mol. The third-order valence-electron chi connectivity index (χ3n) is 4.19. The van der Waals surface area contributed by atoms with E-state index in [1.807, 2.05) is 12.1 Å². The van der Waals surface area contributed by atoms with Gasteiger partial charge in [-0.2, -0.15) is 0 Å². The Morgan fingerprint density at radius 2 is 1.68 bits per heavy atom. The summed E-state index contributed by atoms with van der Waals surface area (Å²) in [4.78, 5) is 4.80. The molecule has 2 rings (SSSR count). The quantitative estimate of drug-likeness (QED) is 0.868. The number of phenols is 1. The fourth-order valence-corrected chi connectivity index (χ4v) is 3.11. The number of aryl methyl sites for hydroxylation is 2. The Balaban J connectivity index is 2.32. The lowest BCUT2D eigenvalue weighted by molar-refractivity contribution is 0.474. The van der Waals surface area contributed by atoms with Crippen molar-refractivity contribution in [2.75, 3.05) is 0 Å². The Bertz CT molecular complexity index is 544. The van der Waals surface area contributed by atoms with Crippen molar-refractivity contribution in [3.8, 4) is 5.75 Å². The van der Waals surface area contributed by atoms with E-state index in [9.17, 15) is 5.11 Å². The van der Waals surface area contributed by atoms with Crippen molar-refractivity contribution in [3.05, 3.63) is 40.0 Å². The minimum Gasteiger partial charge on any atom is -0.508 e. The Hall–Kier alpha value is -1.57. The maximum Gasteiger partial charge on any atom is 0.116 e. The molecule has 0 aliphatic carbocycles. The zero-order valence-corrected chi connectivity index (χ0v) is 12.5. The maximum atomic E-state index is 9.62. The Morgan fingerprint density at radius 3 is 2.16 bits per heavy atom. The summed E-state index contributed by atoms with van der Waals surface area (Å²) in [5, 5.41) is 9.62. The van der Waals surface area contributed by atoms with Gasteiger partial charge in [-0.1, -0.05) is 6.92 Å². The van der Waals surface area contributed by atoms with Crippen LogP contribution in [0.2, 0.25) is 0 Å². The van der Waals surface area contributed by atoms with Gasteiger partial charge in [0, 0.05) is 5.71 Å². The number of aromatic hydroxyl groups is 1. The third-order valence-corrected chi connectivity index (χ3v) is 4.19. The summed E-state index contributed by atoms with van der Waals surface area (Å²) in [6, 6.07) is 3.96. The van der Waals surface area contributed by atoms with Crippen molar-refractivity contribution >= 4 is 5.71 Å². The molecule has 0 saturated carbocycles. The molecule has 1 aromatic rings. The SMILES string of the molecule is CCC1=C(C)C(Cc2c(C)cc(O)cc2C)N=C1C. The van der Waals surface area contributed by atoms with Gasteiger partial charge in [-0.05, 0) is 80.5 Å². The van der Waals surface area contributed by atoms with Gasteiger partial charge in [0.2, 0.25) is 0 Å². The highest BCUT2D eigenvalue weighted by atomic mass is 16.3. The number of rotatable bonds is 3. The van der Waals surface area contributed by atoms with Crippen LogP contribution in [0.3, 0.4) is 0 Å². The van der Waals surface area contributed by atoms with E-state index in [0.717, 1.165) is 24.0 Å². The summed E-state index contributed by atoms with van der Waals surface area (Å²) in [7, 11) is 0. The van der Waals surface area contributed by atoms with Crippen LogP contribution in [-0.2, 0) is 6.42 Å². The molecule has 0 radical (unpaired) electrons. The fraction of sp³-hybridized carbons (Fsp3) is 0.471. The number of nitrogens with zero attached hydrogens (tertiary/aromatic N) is 1. The van der Waals surface area contributed by atoms with E-state index in [1.54, 1.807) is 0 Å². The summed E-state index contributed by atoms with van der Waals surface area (Å²) < 4.78 is 0. The molecule has 1 atom stereocenters. The van der Waals surface area contributed by atoms with E-state index < -0.39 is 0 Å². The van der Waals surface area contributed by atoms with Gasteiger partial charge in [0.05, 0.1) is 6.04 Å². The summed E-state index contributed by atoms with van der Waals surface area (Å²) in [5.74, 6) is 0.353. The zero-order valence-electron chi connectivity index (χ0n) is 12.5. The van der Waals surface area contributed by atoms with E-state index in [2.05, 4.69) is 34.6 Å². The second-order valence-corrected chi connectivity index (χ2v) is 5.51. The Kier molecular flexibility index (Phi) is 3.79. The number of aliphatic imine (C=N–C) groups is 1. The molecule has 1 aliphatic heterocycles. The van der Waals surface area contributed by atoms with Crippen LogP contribution in [0, 0.1) is 13.8 Å². The molecule has 1 aliphatic rings. The van der Waals surface area contributed by atoms with Gasteiger partial charge in [-0.3, -0.25) is 4.99 Å². The molecule has 102 valence electrons. The number of hydrogen-bond donors (Lipinski definition) is 1. The predicted octanol–water partition coefficient (Wildman–Crippen LogP) is 4.12. The smallest absolute Gasteiger partial charge is 0.116 e. The average molecular weight is 257 g/mol. The zero-order chi connectivity index (χ0) is 14.2. The maximum absolute atomic E-state index is 9.62. The molecule has 0 spiro atoms. The number of phenolic OH excluding ortho intramolecular Hbond substituents is 1. The number of benzene rings is 1. The van der Waals surface area contributed by atoms with Crippen LogP contribution in [0.1, 0.15) is 43.9 Å². The van der Waals surface area contributed by atoms with E-state index in [-0.39, 0.29) is 6.04 Å². The molecule has 0 fully saturated rings. The molecule has 1 heterocycles. The second kappa shape index (κ2) is 5.20.